The number of nitrogens with zero attached hydrogens (tertiary/aromatic N) is 1. The molecule has 0 saturated carbocycles. The van der Waals surface area contributed by atoms with Crippen LogP contribution in [0.2, 0.25) is 5.02 Å². The van der Waals surface area contributed by atoms with Crippen LogP contribution in [0, 0.1) is 11.6 Å². The Morgan fingerprint density at radius 1 is 1.14 bits per heavy atom. The maximum absolute atomic E-state index is 13.6. The van der Waals surface area contributed by atoms with Crippen LogP contribution in [0.1, 0.15) is 10.4 Å². The van der Waals surface area contributed by atoms with Crippen molar-refractivity contribution in [3.63, 3.8) is 0 Å². The van der Waals surface area contributed by atoms with Crippen molar-refractivity contribution in [2.24, 2.45) is 0 Å². The van der Waals surface area contributed by atoms with Gasteiger partial charge in [-0.15, -0.1) is 0 Å². The summed E-state index contributed by atoms with van der Waals surface area (Å²) < 4.78 is 78.0. The van der Waals surface area contributed by atoms with Crippen LogP contribution in [0.15, 0.2) is 41.3 Å². The van der Waals surface area contributed by atoms with Crippen LogP contribution < -0.4 is 10.2 Å². The number of thioether (sulfide) groups is 1. The normalized spacial score (nSPS) is 11.5. The first-order valence-electron chi connectivity index (χ1n) is 7.61. The maximum Gasteiger partial charge on any atom is 0.357 e. The molecule has 0 aromatic heterocycles. The molecule has 2 rings (SSSR count). The molecule has 0 aliphatic heterocycles. The molecule has 0 fully saturated rings. The first-order chi connectivity index (χ1) is 13.4. The molecule has 0 bridgehead atoms. The van der Waals surface area contributed by atoms with Gasteiger partial charge in [0.05, 0.1) is 10.7 Å². The molecule has 1 N–H and O–H groups in total. The van der Waals surface area contributed by atoms with E-state index in [1.165, 1.54) is 0 Å². The summed E-state index contributed by atoms with van der Waals surface area (Å²) in [5.41, 5.74) is -1.04. The van der Waals surface area contributed by atoms with Crippen molar-refractivity contribution in [3.05, 3.63) is 58.6 Å². The van der Waals surface area contributed by atoms with E-state index >= 15 is 0 Å². The summed E-state index contributed by atoms with van der Waals surface area (Å²) >= 11 is 5.49. The van der Waals surface area contributed by atoms with E-state index in [2.05, 4.69) is 0 Å². The standard InChI is InChI=1S/C17H11ClF6N2O2S/c1-26(16(28)25-14(27)13-10(19)3-2-4-11(13)20)12-6-5-8(7-9(12)18)29-17(23,24)15(21)22/h2-7,15H,1H3,(H,25,27,28). The van der Waals surface area contributed by atoms with Gasteiger partial charge in [0.2, 0.25) is 0 Å². The highest BCUT2D eigenvalue weighted by atomic mass is 35.5. The molecule has 156 valence electrons. The predicted octanol–water partition coefficient (Wildman–Crippen LogP) is 5.55. The summed E-state index contributed by atoms with van der Waals surface area (Å²) in [5, 5.41) is -2.85. The van der Waals surface area contributed by atoms with Gasteiger partial charge in [0.15, 0.2) is 0 Å². The van der Waals surface area contributed by atoms with Gasteiger partial charge < -0.3 is 0 Å². The Balaban J connectivity index is 2.16. The van der Waals surface area contributed by atoms with Gasteiger partial charge in [-0.05, 0) is 42.1 Å². The van der Waals surface area contributed by atoms with Crippen LogP contribution >= 0.6 is 23.4 Å². The molecule has 4 nitrogen and oxygen atoms in total. The summed E-state index contributed by atoms with van der Waals surface area (Å²) in [6.45, 7) is 0. The van der Waals surface area contributed by atoms with E-state index in [1.807, 2.05) is 0 Å². The number of rotatable bonds is 5. The number of carbonyl (C=O) groups is 2. The van der Waals surface area contributed by atoms with E-state index in [4.69, 9.17) is 11.6 Å². The first-order valence-corrected chi connectivity index (χ1v) is 8.81. The molecule has 2 aromatic rings. The second kappa shape index (κ2) is 8.95. The molecule has 0 unspecified atom stereocenters. The number of benzene rings is 2. The van der Waals surface area contributed by atoms with Gasteiger partial charge >= 0.3 is 17.7 Å². The van der Waals surface area contributed by atoms with Crippen LogP contribution in [0.5, 0.6) is 0 Å². The minimum Gasteiger partial charge on any atom is -0.296 e. The highest BCUT2D eigenvalue weighted by Crippen LogP contribution is 2.42. The summed E-state index contributed by atoms with van der Waals surface area (Å²) in [7, 11) is 1.14. The Morgan fingerprint density at radius 3 is 2.24 bits per heavy atom. The van der Waals surface area contributed by atoms with Gasteiger partial charge in [-0.25, -0.2) is 22.4 Å². The fourth-order valence-corrected chi connectivity index (χ4v) is 3.18. The number of hydrogen-bond donors (Lipinski definition) is 1. The molecular weight excluding hydrogens is 446 g/mol. The zero-order chi connectivity index (χ0) is 21.9. The third-order valence-electron chi connectivity index (χ3n) is 3.50. The second-order valence-corrected chi connectivity index (χ2v) is 7.12. The SMILES string of the molecule is CN(C(=O)NC(=O)c1c(F)cccc1F)c1ccc(SC(F)(F)C(F)F)cc1Cl. The van der Waals surface area contributed by atoms with Gasteiger partial charge in [-0.2, -0.15) is 8.78 Å². The number of alkyl halides is 4. The lowest BCUT2D eigenvalue weighted by Gasteiger charge is -2.20. The lowest BCUT2D eigenvalue weighted by atomic mass is 10.2. The largest absolute Gasteiger partial charge is 0.357 e. The number of nitrogens with one attached hydrogen (secondary N) is 1. The highest BCUT2D eigenvalue weighted by Gasteiger charge is 2.42. The van der Waals surface area contributed by atoms with E-state index < -0.39 is 52.6 Å². The number of amides is 3. The third kappa shape index (κ3) is 5.36. The molecule has 0 saturated heterocycles. The van der Waals surface area contributed by atoms with Gasteiger partial charge in [0.25, 0.3) is 5.91 Å². The summed E-state index contributed by atoms with van der Waals surface area (Å²) in [6, 6.07) is 4.60. The van der Waals surface area contributed by atoms with Crippen LogP contribution in [0.3, 0.4) is 0 Å². The maximum atomic E-state index is 13.6. The summed E-state index contributed by atoms with van der Waals surface area (Å²) in [4.78, 5) is 24.6. The number of urea groups is 1. The first kappa shape index (κ1) is 22.9. The number of imide groups is 1. The molecule has 29 heavy (non-hydrogen) atoms. The molecule has 0 heterocycles. The van der Waals surface area contributed by atoms with Crippen molar-refractivity contribution in [1.82, 2.24) is 5.32 Å². The van der Waals surface area contributed by atoms with Crippen LogP contribution in [0.25, 0.3) is 0 Å². The minimum absolute atomic E-state index is 0.0734. The van der Waals surface area contributed by atoms with Crippen molar-refractivity contribution in [2.75, 3.05) is 11.9 Å². The van der Waals surface area contributed by atoms with Crippen LogP contribution in [0.4, 0.5) is 36.8 Å². The Hall–Kier alpha value is -2.40. The number of halogens is 7. The molecule has 0 aliphatic rings. The molecule has 12 heteroatoms. The molecule has 2 aromatic carbocycles. The van der Waals surface area contributed by atoms with Crippen molar-refractivity contribution in [1.29, 1.82) is 0 Å². The number of anilines is 1. The average molecular weight is 457 g/mol. The van der Waals surface area contributed by atoms with Gasteiger partial charge in [0, 0.05) is 11.9 Å². The Morgan fingerprint density at radius 2 is 1.72 bits per heavy atom. The van der Waals surface area contributed by atoms with Crippen molar-refractivity contribution in [2.45, 2.75) is 16.6 Å². The second-order valence-electron chi connectivity index (χ2n) is 5.49. The summed E-state index contributed by atoms with van der Waals surface area (Å²) in [5.74, 6) is -3.72. The summed E-state index contributed by atoms with van der Waals surface area (Å²) in [6.07, 6.45) is -3.90. The van der Waals surface area contributed by atoms with Crippen molar-refractivity contribution >= 4 is 41.0 Å². The lowest BCUT2D eigenvalue weighted by Crippen LogP contribution is -2.41. The topological polar surface area (TPSA) is 49.4 Å². The fourth-order valence-electron chi connectivity index (χ4n) is 2.09. The van der Waals surface area contributed by atoms with Gasteiger partial charge in [-0.3, -0.25) is 15.0 Å². The van der Waals surface area contributed by atoms with E-state index in [0.717, 1.165) is 48.3 Å². The Kier molecular flexibility index (Phi) is 7.06. The molecule has 3 amide bonds. The minimum atomic E-state index is -4.34. The molecule has 0 spiro atoms. The third-order valence-corrected chi connectivity index (χ3v) is 4.75. The van der Waals surface area contributed by atoms with Gasteiger partial charge in [0.1, 0.15) is 17.2 Å². The average Bonchev–Trinajstić information content (AvgIpc) is 2.60. The Bertz CT molecular complexity index is 924. The molecule has 0 aliphatic carbocycles. The Labute approximate surface area is 169 Å². The fraction of sp³-hybridized carbons (Fsp3) is 0.176. The lowest BCUT2D eigenvalue weighted by molar-refractivity contribution is -0.0563. The molecule has 0 atom stereocenters. The zero-order valence-electron chi connectivity index (χ0n) is 14.4. The predicted molar refractivity (Wildman–Crippen MR) is 95.9 cm³/mol. The highest BCUT2D eigenvalue weighted by molar-refractivity contribution is 8.00. The monoisotopic (exact) mass is 456 g/mol. The smallest absolute Gasteiger partial charge is 0.296 e. The molecule has 0 radical (unpaired) electrons. The number of carbonyl (C=O) groups excluding carboxylic acids is 2. The van der Waals surface area contributed by atoms with Crippen molar-refractivity contribution < 1.29 is 35.9 Å². The quantitative estimate of drug-likeness (QED) is 0.474. The van der Waals surface area contributed by atoms with E-state index in [-0.39, 0.29) is 15.6 Å². The van der Waals surface area contributed by atoms with E-state index in [9.17, 15) is 35.9 Å². The van der Waals surface area contributed by atoms with Crippen LogP contribution in [-0.4, -0.2) is 30.7 Å². The van der Waals surface area contributed by atoms with E-state index in [0.29, 0.717) is 0 Å². The van der Waals surface area contributed by atoms with Gasteiger partial charge in [-0.1, -0.05) is 17.7 Å². The molecular formula is C17H11ClF6N2O2S. The van der Waals surface area contributed by atoms with Crippen LogP contribution in [-0.2, 0) is 0 Å². The zero-order valence-corrected chi connectivity index (χ0v) is 15.9. The van der Waals surface area contributed by atoms with Crippen molar-refractivity contribution in [3.8, 4) is 0 Å². The number of hydrogen-bond acceptors (Lipinski definition) is 3. The van der Waals surface area contributed by atoms with E-state index in [1.54, 1.807) is 5.32 Å².